The van der Waals surface area contributed by atoms with E-state index < -0.39 is 36.1 Å². The van der Waals surface area contributed by atoms with Gasteiger partial charge in [0.1, 0.15) is 0 Å². The molecule has 102 valence electrons. The third-order valence-corrected chi connectivity index (χ3v) is 1.96. The maximum absolute atomic E-state index is 12.4. The van der Waals surface area contributed by atoms with Crippen LogP contribution in [0.5, 0.6) is 0 Å². The maximum atomic E-state index is 12.4. The number of rotatable bonds is 1. The van der Waals surface area contributed by atoms with Crippen molar-refractivity contribution >= 4 is 12.6 Å². The number of hydrogen-bond donors (Lipinski definition) is 3. The summed E-state index contributed by atoms with van der Waals surface area (Å²) in [5.41, 5.74) is -4.25. The number of benzene rings is 1. The lowest BCUT2D eigenvalue weighted by atomic mass is 9.76. The van der Waals surface area contributed by atoms with E-state index in [2.05, 4.69) is 0 Å². The summed E-state index contributed by atoms with van der Waals surface area (Å²) >= 11 is 0. The molecule has 0 radical (unpaired) electrons. The van der Waals surface area contributed by atoms with Gasteiger partial charge in [-0.3, -0.25) is 0 Å². The van der Waals surface area contributed by atoms with Gasteiger partial charge in [0.05, 0.1) is 11.1 Å². The Morgan fingerprint density at radius 3 is 1.72 bits per heavy atom. The molecule has 0 aliphatic rings. The second-order valence-corrected chi connectivity index (χ2v) is 3.17. The molecule has 1 aromatic rings. The molecule has 0 saturated carbocycles. The molecular formula is C8H8BF6NO2. The predicted octanol–water partition coefficient (Wildman–Crippen LogP) is 1.57. The van der Waals surface area contributed by atoms with E-state index >= 15 is 0 Å². The first-order valence-corrected chi connectivity index (χ1v) is 4.18. The van der Waals surface area contributed by atoms with Crippen LogP contribution in [0.2, 0.25) is 0 Å². The molecule has 0 aliphatic heterocycles. The molecular weight excluding hydrogens is 267 g/mol. The maximum Gasteiger partial charge on any atom is 0.489 e. The van der Waals surface area contributed by atoms with Crippen LogP contribution in [0.1, 0.15) is 11.1 Å². The van der Waals surface area contributed by atoms with Crippen LogP contribution in [0.3, 0.4) is 0 Å². The minimum absolute atomic E-state index is 0. The first-order chi connectivity index (χ1) is 7.53. The molecule has 1 aromatic carbocycles. The topological polar surface area (TPSA) is 75.5 Å². The van der Waals surface area contributed by atoms with E-state index in [4.69, 9.17) is 10.0 Å². The van der Waals surface area contributed by atoms with Crippen LogP contribution in [0.15, 0.2) is 18.2 Å². The molecule has 3 nitrogen and oxygen atoms in total. The molecule has 0 fully saturated rings. The van der Waals surface area contributed by atoms with E-state index in [9.17, 15) is 26.3 Å². The van der Waals surface area contributed by atoms with Gasteiger partial charge in [0.25, 0.3) is 0 Å². The Hall–Kier alpha value is -1.26. The number of halogens is 6. The minimum Gasteiger partial charge on any atom is -0.423 e. The van der Waals surface area contributed by atoms with Crippen molar-refractivity contribution in [3.05, 3.63) is 29.3 Å². The van der Waals surface area contributed by atoms with E-state index in [1.165, 1.54) is 0 Å². The average Bonchev–Trinajstić information content (AvgIpc) is 2.14. The third-order valence-electron chi connectivity index (χ3n) is 1.96. The monoisotopic (exact) mass is 275 g/mol. The largest absolute Gasteiger partial charge is 0.489 e. The highest BCUT2D eigenvalue weighted by atomic mass is 19.4. The first kappa shape index (κ1) is 16.7. The molecule has 0 bridgehead atoms. The lowest BCUT2D eigenvalue weighted by molar-refractivity contribution is -0.142. The molecule has 5 N–H and O–H groups in total. The highest BCUT2D eigenvalue weighted by molar-refractivity contribution is 6.59. The van der Waals surface area contributed by atoms with Crippen molar-refractivity contribution in [3.8, 4) is 0 Å². The summed E-state index contributed by atoms with van der Waals surface area (Å²) in [7, 11) is -2.49. The Labute approximate surface area is 97.8 Å². The van der Waals surface area contributed by atoms with Crippen molar-refractivity contribution in [1.82, 2.24) is 6.15 Å². The van der Waals surface area contributed by atoms with E-state index in [1.54, 1.807) is 0 Å². The van der Waals surface area contributed by atoms with Crippen LogP contribution in [0.4, 0.5) is 26.3 Å². The van der Waals surface area contributed by atoms with Gasteiger partial charge in [-0.1, -0.05) is 12.1 Å². The molecule has 0 spiro atoms. The second kappa shape index (κ2) is 5.16. The quantitative estimate of drug-likeness (QED) is 0.537. The number of alkyl halides is 6. The second-order valence-electron chi connectivity index (χ2n) is 3.17. The minimum atomic E-state index is -5.10. The van der Waals surface area contributed by atoms with Gasteiger partial charge in [-0.2, -0.15) is 26.3 Å². The van der Waals surface area contributed by atoms with Crippen molar-refractivity contribution in [2.45, 2.75) is 12.4 Å². The van der Waals surface area contributed by atoms with Crippen molar-refractivity contribution < 1.29 is 36.4 Å². The molecule has 0 atom stereocenters. The third kappa shape index (κ3) is 3.62. The molecule has 10 heteroatoms. The fraction of sp³-hybridized carbons (Fsp3) is 0.250. The van der Waals surface area contributed by atoms with Gasteiger partial charge in [-0.15, -0.1) is 0 Å². The predicted molar refractivity (Wildman–Crippen MR) is 51.3 cm³/mol. The zero-order valence-corrected chi connectivity index (χ0v) is 8.68. The van der Waals surface area contributed by atoms with Gasteiger partial charge in [-0.25, -0.2) is 0 Å². The zero-order chi connectivity index (χ0) is 13.4. The molecule has 1 rings (SSSR count). The first-order valence-electron chi connectivity index (χ1n) is 4.18. The standard InChI is InChI=1S/C8H5BF6O2.H3N/c10-7(11,12)4-1-2-6(9(16)17)5(3-4)8(13,14)15;/h1-3,16-17H;1H3. The summed E-state index contributed by atoms with van der Waals surface area (Å²) < 4.78 is 73.8. The summed E-state index contributed by atoms with van der Waals surface area (Å²) in [5, 5.41) is 17.3. The Kier molecular flexibility index (Phi) is 4.80. The van der Waals surface area contributed by atoms with Crippen molar-refractivity contribution in [3.63, 3.8) is 0 Å². The summed E-state index contributed by atoms with van der Waals surface area (Å²) in [6.45, 7) is 0. The fourth-order valence-electron chi connectivity index (χ4n) is 1.20. The van der Waals surface area contributed by atoms with E-state index in [-0.39, 0.29) is 12.2 Å². The normalized spacial score (nSPS) is 12.0. The molecule has 18 heavy (non-hydrogen) atoms. The lowest BCUT2D eigenvalue weighted by Crippen LogP contribution is -2.36. The van der Waals surface area contributed by atoms with Crippen LogP contribution in [-0.4, -0.2) is 17.2 Å². The van der Waals surface area contributed by atoms with Crippen molar-refractivity contribution in [2.75, 3.05) is 0 Å². The van der Waals surface area contributed by atoms with E-state index in [0.29, 0.717) is 12.1 Å². The molecule has 0 unspecified atom stereocenters. The van der Waals surface area contributed by atoms with Gasteiger partial charge >= 0.3 is 19.5 Å². The van der Waals surface area contributed by atoms with Gasteiger partial charge in [0.2, 0.25) is 0 Å². The summed E-state index contributed by atoms with van der Waals surface area (Å²) in [6, 6.07) is 0.578. The molecule has 0 saturated heterocycles. The number of hydrogen-bond acceptors (Lipinski definition) is 3. The van der Waals surface area contributed by atoms with Gasteiger partial charge in [-0.05, 0) is 11.5 Å². The molecule has 0 heterocycles. The van der Waals surface area contributed by atoms with E-state index in [0.717, 1.165) is 0 Å². The summed E-state index contributed by atoms with van der Waals surface area (Å²) in [4.78, 5) is 0. The molecule has 0 aromatic heterocycles. The van der Waals surface area contributed by atoms with Crippen LogP contribution < -0.4 is 11.6 Å². The SMILES string of the molecule is N.OB(O)c1ccc(C(F)(F)F)cc1C(F)(F)F. The fourth-order valence-corrected chi connectivity index (χ4v) is 1.20. The molecule has 0 aliphatic carbocycles. The zero-order valence-electron chi connectivity index (χ0n) is 8.68. The highest BCUT2D eigenvalue weighted by Gasteiger charge is 2.39. The average molecular weight is 275 g/mol. The molecule has 0 amide bonds. The van der Waals surface area contributed by atoms with Gasteiger partial charge < -0.3 is 16.2 Å². The van der Waals surface area contributed by atoms with Crippen LogP contribution in [-0.2, 0) is 12.4 Å². The van der Waals surface area contributed by atoms with Crippen molar-refractivity contribution in [1.29, 1.82) is 0 Å². The smallest absolute Gasteiger partial charge is 0.423 e. The summed E-state index contributed by atoms with van der Waals surface area (Å²) in [6.07, 6.45) is -10.0. The van der Waals surface area contributed by atoms with Gasteiger partial charge in [0, 0.05) is 0 Å². The summed E-state index contributed by atoms with van der Waals surface area (Å²) in [5.74, 6) is 0. The highest BCUT2D eigenvalue weighted by Crippen LogP contribution is 2.34. The Balaban J connectivity index is 0.00000289. The lowest BCUT2D eigenvalue weighted by Gasteiger charge is -2.15. The van der Waals surface area contributed by atoms with Gasteiger partial charge in [0.15, 0.2) is 0 Å². The van der Waals surface area contributed by atoms with Crippen molar-refractivity contribution in [2.24, 2.45) is 0 Å². The Morgan fingerprint density at radius 1 is 0.889 bits per heavy atom. The van der Waals surface area contributed by atoms with Crippen LogP contribution in [0.25, 0.3) is 0 Å². The van der Waals surface area contributed by atoms with Crippen LogP contribution in [0, 0.1) is 0 Å². The Bertz CT molecular complexity index is 417. The van der Waals surface area contributed by atoms with Crippen LogP contribution >= 0.6 is 0 Å². The van der Waals surface area contributed by atoms with E-state index in [1.807, 2.05) is 0 Å². The Morgan fingerprint density at radius 2 is 1.39 bits per heavy atom.